The molecule has 3 rings (SSSR count). The van der Waals surface area contributed by atoms with Gasteiger partial charge in [0.15, 0.2) is 0 Å². The predicted octanol–water partition coefficient (Wildman–Crippen LogP) is 1.73. The largest absolute Gasteiger partial charge is 0.467 e. The van der Waals surface area contributed by atoms with Gasteiger partial charge in [-0.2, -0.15) is 0 Å². The second kappa shape index (κ2) is 3.87. The van der Waals surface area contributed by atoms with Crippen LogP contribution in [-0.4, -0.2) is 16.7 Å². The third-order valence-corrected chi connectivity index (χ3v) is 3.49. The van der Waals surface area contributed by atoms with Gasteiger partial charge >= 0.3 is 0 Å². The summed E-state index contributed by atoms with van der Waals surface area (Å²) in [5, 5.41) is 0. The molecule has 1 fully saturated rings. The van der Waals surface area contributed by atoms with E-state index in [1.165, 1.54) is 4.90 Å². The van der Waals surface area contributed by atoms with Gasteiger partial charge in [0.2, 0.25) is 11.8 Å². The minimum atomic E-state index is -0.150. The van der Waals surface area contributed by atoms with Crippen molar-refractivity contribution >= 4 is 11.8 Å². The Morgan fingerprint density at radius 1 is 1.18 bits per heavy atom. The second-order valence-corrected chi connectivity index (χ2v) is 4.50. The first-order valence-electron chi connectivity index (χ1n) is 5.80. The molecule has 0 spiro atoms. The summed E-state index contributed by atoms with van der Waals surface area (Å²) in [6, 6.07) is 3.54. The highest BCUT2D eigenvalue weighted by molar-refractivity contribution is 6.05. The molecule has 1 aromatic heterocycles. The standard InChI is InChI=1S/C13H13NO3/c15-12-10-5-1-2-6-11(10)13(16)14(12)8-9-4-3-7-17-9/h1-4,7,10-11H,5-6,8H2. The number of imide groups is 1. The molecular weight excluding hydrogens is 218 g/mol. The van der Waals surface area contributed by atoms with E-state index in [0.29, 0.717) is 18.6 Å². The Balaban J connectivity index is 1.82. The summed E-state index contributed by atoms with van der Waals surface area (Å²) >= 11 is 0. The predicted molar refractivity (Wildman–Crippen MR) is 59.6 cm³/mol. The average Bonchev–Trinajstić information content (AvgIpc) is 2.94. The summed E-state index contributed by atoms with van der Waals surface area (Å²) in [4.78, 5) is 25.5. The lowest BCUT2D eigenvalue weighted by molar-refractivity contribution is -0.140. The summed E-state index contributed by atoms with van der Waals surface area (Å²) in [7, 11) is 0. The van der Waals surface area contributed by atoms with Crippen molar-refractivity contribution in [3.63, 3.8) is 0 Å². The number of likely N-dealkylation sites (tertiary alicyclic amines) is 1. The van der Waals surface area contributed by atoms with Gasteiger partial charge in [-0.25, -0.2) is 0 Å². The van der Waals surface area contributed by atoms with Crippen LogP contribution in [0.1, 0.15) is 18.6 Å². The molecular formula is C13H13NO3. The van der Waals surface area contributed by atoms with Crippen LogP contribution in [0.5, 0.6) is 0 Å². The number of fused-ring (bicyclic) bond motifs is 1. The molecule has 0 saturated carbocycles. The molecule has 0 bridgehead atoms. The number of furan rings is 1. The molecule has 2 atom stereocenters. The van der Waals surface area contributed by atoms with Crippen molar-refractivity contribution in [3.05, 3.63) is 36.3 Å². The zero-order valence-electron chi connectivity index (χ0n) is 9.33. The lowest BCUT2D eigenvalue weighted by Gasteiger charge is -2.14. The normalized spacial score (nSPS) is 27.6. The molecule has 1 aliphatic carbocycles. The van der Waals surface area contributed by atoms with Crippen LogP contribution in [0.25, 0.3) is 0 Å². The van der Waals surface area contributed by atoms with Gasteiger partial charge in [0.1, 0.15) is 5.76 Å². The molecule has 2 amide bonds. The summed E-state index contributed by atoms with van der Waals surface area (Å²) in [6.45, 7) is 0.262. The summed E-state index contributed by atoms with van der Waals surface area (Å²) in [5.74, 6) is 0.240. The Morgan fingerprint density at radius 2 is 1.82 bits per heavy atom. The van der Waals surface area contributed by atoms with E-state index in [9.17, 15) is 9.59 Å². The lowest BCUT2D eigenvalue weighted by Crippen LogP contribution is -2.30. The molecule has 2 aliphatic rings. The van der Waals surface area contributed by atoms with E-state index in [1.807, 2.05) is 12.2 Å². The Kier molecular flexibility index (Phi) is 2.35. The van der Waals surface area contributed by atoms with Crippen LogP contribution in [0.15, 0.2) is 35.0 Å². The van der Waals surface area contributed by atoms with Gasteiger partial charge in [0, 0.05) is 0 Å². The van der Waals surface area contributed by atoms with E-state index in [2.05, 4.69) is 0 Å². The number of rotatable bonds is 2. The van der Waals surface area contributed by atoms with E-state index >= 15 is 0 Å². The van der Waals surface area contributed by atoms with Crippen LogP contribution in [0.3, 0.4) is 0 Å². The molecule has 4 heteroatoms. The Hall–Kier alpha value is -1.84. The molecule has 1 aromatic rings. The van der Waals surface area contributed by atoms with E-state index in [1.54, 1.807) is 18.4 Å². The molecule has 2 unspecified atom stereocenters. The fourth-order valence-corrected chi connectivity index (χ4v) is 2.58. The van der Waals surface area contributed by atoms with Crippen LogP contribution in [0.4, 0.5) is 0 Å². The zero-order valence-corrected chi connectivity index (χ0v) is 9.33. The number of hydrogen-bond donors (Lipinski definition) is 0. The molecule has 0 radical (unpaired) electrons. The van der Waals surface area contributed by atoms with E-state index in [4.69, 9.17) is 4.42 Å². The van der Waals surface area contributed by atoms with Crippen LogP contribution < -0.4 is 0 Å². The van der Waals surface area contributed by atoms with E-state index < -0.39 is 0 Å². The minimum absolute atomic E-state index is 0.0549. The van der Waals surface area contributed by atoms with Crippen molar-refractivity contribution < 1.29 is 14.0 Å². The minimum Gasteiger partial charge on any atom is -0.467 e. The van der Waals surface area contributed by atoms with Gasteiger partial charge in [-0.15, -0.1) is 0 Å². The summed E-state index contributed by atoms with van der Waals surface area (Å²) < 4.78 is 5.18. The van der Waals surface area contributed by atoms with Crippen molar-refractivity contribution in [1.29, 1.82) is 0 Å². The number of allylic oxidation sites excluding steroid dienone is 2. The maximum absolute atomic E-state index is 12.1. The Bertz CT molecular complexity index is 449. The lowest BCUT2D eigenvalue weighted by atomic mass is 9.85. The van der Waals surface area contributed by atoms with Crippen molar-refractivity contribution in [1.82, 2.24) is 4.90 Å². The Morgan fingerprint density at radius 3 is 2.35 bits per heavy atom. The van der Waals surface area contributed by atoms with Gasteiger partial charge in [-0.1, -0.05) is 12.2 Å². The second-order valence-electron chi connectivity index (χ2n) is 4.50. The van der Waals surface area contributed by atoms with Gasteiger partial charge in [-0.3, -0.25) is 14.5 Å². The average molecular weight is 231 g/mol. The SMILES string of the molecule is O=C1C2CC=CCC2C(=O)N1Cc1ccco1. The maximum Gasteiger partial charge on any atom is 0.233 e. The highest BCUT2D eigenvalue weighted by atomic mass is 16.3. The summed E-state index contributed by atoms with van der Waals surface area (Å²) in [5.41, 5.74) is 0. The molecule has 1 aliphatic heterocycles. The summed E-state index contributed by atoms with van der Waals surface area (Å²) in [6.07, 6.45) is 6.90. The third kappa shape index (κ3) is 1.60. The molecule has 0 aromatic carbocycles. The number of carbonyl (C=O) groups excluding carboxylic acids is 2. The highest BCUT2D eigenvalue weighted by Crippen LogP contribution is 2.35. The molecule has 17 heavy (non-hydrogen) atoms. The first kappa shape index (κ1) is 10.3. The quantitative estimate of drug-likeness (QED) is 0.575. The van der Waals surface area contributed by atoms with Gasteiger partial charge < -0.3 is 4.42 Å². The third-order valence-electron chi connectivity index (χ3n) is 3.49. The molecule has 2 heterocycles. The Labute approximate surface area is 98.9 Å². The zero-order chi connectivity index (χ0) is 11.8. The monoisotopic (exact) mass is 231 g/mol. The van der Waals surface area contributed by atoms with Crippen molar-refractivity contribution in [2.75, 3.05) is 0 Å². The number of carbonyl (C=O) groups is 2. The van der Waals surface area contributed by atoms with Gasteiger partial charge in [0.05, 0.1) is 24.6 Å². The fourth-order valence-electron chi connectivity index (χ4n) is 2.58. The van der Waals surface area contributed by atoms with Gasteiger partial charge in [0.25, 0.3) is 0 Å². The highest BCUT2D eigenvalue weighted by Gasteiger charge is 2.47. The first-order chi connectivity index (χ1) is 8.27. The van der Waals surface area contributed by atoms with Crippen LogP contribution in [0, 0.1) is 11.8 Å². The van der Waals surface area contributed by atoms with Crippen molar-refractivity contribution in [2.24, 2.45) is 11.8 Å². The van der Waals surface area contributed by atoms with Crippen molar-refractivity contribution in [2.45, 2.75) is 19.4 Å². The molecule has 1 saturated heterocycles. The van der Waals surface area contributed by atoms with Crippen LogP contribution in [0.2, 0.25) is 0 Å². The number of hydrogen-bond acceptors (Lipinski definition) is 3. The topological polar surface area (TPSA) is 50.5 Å². The van der Waals surface area contributed by atoms with Crippen molar-refractivity contribution in [3.8, 4) is 0 Å². The molecule has 88 valence electrons. The smallest absolute Gasteiger partial charge is 0.233 e. The molecule has 4 nitrogen and oxygen atoms in total. The van der Waals surface area contributed by atoms with Crippen LogP contribution in [-0.2, 0) is 16.1 Å². The van der Waals surface area contributed by atoms with E-state index in [-0.39, 0.29) is 30.2 Å². The number of nitrogens with zero attached hydrogens (tertiary/aromatic N) is 1. The maximum atomic E-state index is 12.1. The van der Waals surface area contributed by atoms with E-state index in [0.717, 1.165) is 0 Å². The van der Waals surface area contributed by atoms with Crippen LogP contribution >= 0.6 is 0 Å². The molecule has 0 N–H and O–H groups in total. The fraction of sp³-hybridized carbons (Fsp3) is 0.385. The van der Waals surface area contributed by atoms with Gasteiger partial charge in [-0.05, 0) is 25.0 Å². The number of amides is 2. The first-order valence-corrected chi connectivity index (χ1v) is 5.80.